The van der Waals surface area contributed by atoms with Gasteiger partial charge in [0.15, 0.2) is 0 Å². The minimum Gasteiger partial charge on any atom is -0.207 e. The average Bonchev–Trinajstić information content (AvgIpc) is 2.69. The Morgan fingerprint density at radius 1 is 0.926 bits per heavy atom. The summed E-state index contributed by atoms with van der Waals surface area (Å²) >= 11 is 0. The van der Waals surface area contributed by atoms with Gasteiger partial charge in [0.05, 0.1) is 0 Å². The minimum absolute atomic E-state index is 0.0800. The van der Waals surface area contributed by atoms with Crippen LogP contribution in [0.15, 0.2) is 29.9 Å². The lowest BCUT2D eigenvalue weighted by atomic mass is 9.76. The summed E-state index contributed by atoms with van der Waals surface area (Å²) in [7, 11) is 0. The first-order valence-corrected chi connectivity index (χ1v) is 10.9. The van der Waals surface area contributed by atoms with Crippen LogP contribution in [0.25, 0.3) is 0 Å². The topological polar surface area (TPSA) is 0 Å². The molecule has 27 heavy (non-hydrogen) atoms. The molecule has 0 bridgehead atoms. The van der Waals surface area contributed by atoms with Crippen molar-refractivity contribution in [1.29, 1.82) is 0 Å². The average molecular weight is 379 g/mol. The molecule has 2 aliphatic rings. The summed E-state index contributed by atoms with van der Waals surface area (Å²) < 4.78 is 40.2. The summed E-state index contributed by atoms with van der Waals surface area (Å²) in [5.74, 6) is 1.29. The van der Waals surface area contributed by atoms with Crippen LogP contribution in [0, 0.1) is 11.7 Å². The number of rotatable bonds is 6. The van der Waals surface area contributed by atoms with Gasteiger partial charge in [-0.1, -0.05) is 44.7 Å². The molecule has 3 heteroatoms. The maximum atomic E-state index is 14.8. The molecule has 150 valence electrons. The molecular formula is C24H33F3. The fourth-order valence-electron chi connectivity index (χ4n) is 5.06. The van der Waals surface area contributed by atoms with E-state index in [1.165, 1.54) is 51.4 Å². The number of hydrogen-bond acceptors (Lipinski definition) is 0. The van der Waals surface area contributed by atoms with Gasteiger partial charge >= 0.3 is 0 Å². The number of halogens is 3. The summed E-state index contributed by atoms with van der Waals surface area (Å²) in [4.78, 5) is 0. The zero-order valence-electron chi connectivity index (χ0n) is 16.6. The third kappa shape index (κ3) is 5.39. The second-order valence-electron chi connectivity index (χ2n) is 8.63. The Morgan fingerprint density at radius 3 is 2.22 bits per heavy atom. The number of allylic oxidation sites excluding steroid dienone is 1. The third-order valence-electron chi connectivity index (χ3n) is 6.85. The maximum absolute atomic E-state index is 14.8. The Kier molecular flexibility index (Phi) is 7.43. The molecule has 0 N–H and O–H groups in total. The van der Waals surface area contributed by atoms with Crippen LogP contribution in [0.2, 0.25) is 0 Å². The summed E-state index contributed by atoms with van der Waals surface area (Å²) in [6.07, 6.45) is 10.7. The van der Waals surface area contributed by atoms with Gasteiger partial charge < -0.3 is 0 Å². The molecule has 0 heterocycles. The lowest BCUT2D eigenvalue weighted by Crippen LogP contribution is -2.14. The second kappa shape index (κ2) is 9.80. The Morgan fingerprint density at radius 2 is 1.63 bits per heavy atom. The third-order valence-corrected chi connectivity index (χ3v) is 6.85. The van der Waals surface area contributed by atoms with Crippen molar-refractivity contribution < 1.29 is 13.2 Å². The molecule has 0 saturated heterocycles. The van der Waals surface area contributed by atoms with Crippen molar-refractivity contribution in [3.05, 3.63) is 46.8 Å². The van der Waals surface area contributed by atoms with Crippen molar-refractivity contribution in [3.8, 4) is 0 Å². The largest absolute Gasteiger partial charge is 0.269 e. The van der Waals surface area contributed by atoms with Crippen LogP contribution in [0.3, 0.4) is 0 Å². The molecular weight excluding hydrogens is 345 g/mol. The van der Waals surface area contributed by atoms with Crippen LogP contribution in [-0.4, -0.2) is 0 Å². The van der Waals surface area contributed by atoms with E-state index in [0.717, 1.165) is 17.0 Å². The van der Waals surface area contributed by atoms with E-state index in [1.54, 1.807) is 6.07 Å². The molecule has 3 rings (SSSR count). The molecule has 0 nitrogen and oxygen atoms in total. The predicted molar refractivity (Wildman–Crippen MR) is 106 cm³/mol. The summed E-state index contributed by atoms with van der Waals surface area (Å²) in [5, 5.41) is 0. The van der Waals surface area contributed by atoms with Crippen molar-refractivity contribution >= 4 is 0 Å². The van der Waals surface area contributed by atoms with Gasteiger partial charge in [0, 0.05) is 0 Å². The first-order chi connectivity index (χ1) is 13.1. The molecule has 2 fully saturated rings. The SMILES string of the molecule is CCCCCC1CCC(c2ccc(C3CCC(=C(F)F)CC3)c(F)c2)CC1. The fourth-order valence-corrected chi connectivity index (χ4v) is 5.06. The first-order valence-electron chi connectivity index (χ1n) is 10.9. The highest BCUT2D eigenvalue weighted by atomic mass is 19.3. The van der Waals surface area contributed by atoms with Gasteiger partial charge in [0.25, 0.3) is 6.08 Å². The van der Waals surface area contributed by atoms with Crippen LogP contribution in [-0.2, 0) is 0 Å². The van der Waals surface area contributed by atoms with Gasteiger partial charge in [-0.2, -0.15) is 8.78 Å². The Balaban J connectivity index is 1.55. The normalized spacial score (nSPS) is 26.2. The van der Waals surface area contributed by atoms with Gasteiger partial charge in [-0.25, -0.2) is 4.39 Å². The van der Waals surface area contributed by atoms with E-state index in [4.69, 9.17) is 0 Å². The van der Waals surface area contributed by atoms with E-state index in [9.17, 15) is 13.2 Å². The van der Waals surface area contributed by atoms with Gasteiger partial charge in [-0.3, -0.25) is 0 Å². The van der Waals surface area contributed by atoms with Gasteiger partial charge in [0.1, 0.15) is 5.82 Å². The highest BCUT2D eigenvalue weighted by Gasteiger charge is 2.26. The molecule has 1 aromatic carbocycles. The van der Waals surface area contributed by atoms with E-state index in [1.807, 2.05) is 6.07 Å². The maximum Gasteiger partial charge on any atom is 0.269 e. The molecule has 0 atom stereocenters. The van der Waals surface area contributed by atoms with Crippen molar-refractivity contribution in [1.82, 2.24) is 0 Å². The molecule has 0 aromatic heterocycles. The highest BCUT2D eigenvalue weighted by Crippen LogP contribution is 2.41. The first kappa shape index (κ1) is 20.5. The van der Waals surface area contributed by atoms with E-state index in [0.29, 0.717) is 31.6 Å². The lowest BCUT2D eigenvalue weighted by Gasteiger charge is -2.29. The summed E-state index contributed by atoms with van der Waals surface area (Å²) in [5.41, 5.74) is 2.12. The van der Waals surface area contributed by atoms with Crippen molar-refractivity contribution in [3.63, 3.8) is 0 Å². The van der Waals surface area contributed by atoms with E-state index in [-0.39, 0.29) is 17.3 Å². The second-order valence-corrected chi connectivity index (χ2v) is 8.63. The molecule has 0 spiro atoms. The van der Waals surface area contributed by atoms with Crippen LogP contribution < -0.4 is 0 Å². The van der Waals surface area contributed by atoms with Crippen LogP contribution in [0.4, 0.5) is 13.2 Å². The van der Waals surface area contributed by atoms with Crippen LogP contribution in [0.1, 0.15) is 107 Å². The minimum atomic E-state index is -1.53. The lowest BCUT2D eigenvalue weighted by molar-refractivity contribution is 0.302. The van der Waals surface area contributed by atoms with E-state index in [2.05, 4.69) is 13.0 Å². The van der Waals surface area contributed by atoms with Gasteiger partial charge in [0.2, 0.25) is 0 Å². The Labute approximate surface area is 162 Å². The molecule has 0 aliphatic heterocycles. The smallest absolute Gasteiger partial charge is 0.207 e. The predicted octanol–water partition coefficient (Wildman–Crippen LogP) is 8.49. The quantitative estimate of drug-likeness (QED) is 0.435. The van der Waals surface area contributed by atoms with Crippen LogP contribution in [0.5, 0.6) is 0 Å². The molecule has 1 aromatic rings. The highest BCUT2D eigenvalue weighted by molar-refractivity contribution is 5.31. The Bertz CT molecular complexity index is 627. The molecule has 2 saturated carbocycles. The standard InChI is InChI=1S/C24H33F3/c1-2-3-4-5-17-6-8-18(9-7-17)21-14-15-22(23(25)16-21)19-10-12-20(13-11-19)24(26)27/h14-19H,2-13H2,1H3. The molecule has 0 amide bonds. The molecule has 0 unspecified atom stereocenters. The van der Waals surface area contributed by atoms with Crippen LogP contribution >= 0.6 is 0 Å². The summed E-state index contributed by atoms with van der Waals surface area (Å²) in [6.45, 7) is 2.25. The van der Waals surface area contributed by atoms with Crippen molar-refractivity contribution in [2.45, 2.75) is 95.8 Å². The van der Waals surface area contributed by atoms with Gasteiger partial charge in [-0.05, 0) is 91.9 Å². The molecule has 0 radical (unpaired) electrons. The molecule has 2 aliphatic carbocycles. The van der Waals surface area contributed by atoms with Crippen molar-refractivity contribution in [2.75, 3.05) is 0 Å². The van der Waals surface area contributed by atoms with E-state index < -0.39 is 6.08 Å². The number of benzene rings is 1. The number of unbranched alkanes of at least 4 members (excludes halogenated alkanes) is 2. The summed E-state index contributed by atoms with van der Waals surface area (Å²) in [6, 6.07) is 5.77. The zero-order valence-corrected chi connectivity index (χ0v) is 16.6. The van der Waals surface area contributed by atoms with Gasteiger partial charge in [-0.15, -0.1) is 0 Å². The Hall–Kier alpha value is -1.25. The van der Waals surface area contributed by atoms with Crippen molar-refractivity contribution in [2.24, 2.45) is 5.92 Å². The monoisotopic (exact) mass is 378 g/mol. The zero-order chi connectivity index (χ0) is 19.2. The fraction of sp³-hybridized carbons (Fsp3) is 0.667. The number of hydrogen-bond donors (Lipinski definition) is 0. The van der Waals surface area contributed by atoms with E-state index >= 15 is 0 Å².